The van der Waals surface area contributed by atoms with Crippen molar-refractivity contribution in [2.75, 3.05) is 0 Å². The van der Waals surface area contributed by atoms with E-state index in [1.807, 2.05) is 0 Å². The van der Waals surface area contributed by atoms with E-state index in [-0.39, 0.29) is 6.42 Å². The van der Waals surface area contributed by atoms with Gasteiger partial charge in [0.2, 0.25) is 0 Å². The van der Waals surface area contributed by atoms with Gasteiger partial charge in [-0.2, -0.15) is 13.2 Å². The molecule has 0 aromatic heterocycles. The van der Waals surface area contributed by atoms with Crippen molar-refractivity contribution in [3.05, 3.63) is 0 Å². The largest absolute Gasteiger partial charge is 0.457 e. The molecule has 0 heterocycles. The summed E-state index contributed by atoms with van der Waals surface area (Å²) in [5.41, 5.74) is 0. The van der Waals surface area contributed by atoms with Crippen molar-refractivity contribution in [3.63, 3.8) is 0 Å². The average molecular weight is 152 g/mol. The van der Waals surface area contributed by atoms with Gasteiger partial charge in [0.25, 0.3) is 0 Å². The minimum atomic E-state index is -4.49. The number of alkyl halides is 3. The van der Waals surface area contributed by atoms with E-state index in [4.69, 9.17) is 5.11 Å². The van der Waals surface area contributed by atoms with Crippen molar-refractivity contribution in [3.8, 4) is 11.8 Å². The van der Waals surface area contributed by atoms with E-state index in [0.29, 0.717) is 0 Å². The van der Waals surface area contributed by atoms with Crippen molar-refractivity contribution in [2.24, 2.45) is 0 Å². The standard InChI is InChI=1S/C6H7F3O/c1-2-5(10)3-4-6(7,8)9/h5,10H,2H2,1H3/t5-/m1/s1. The van der Waals surface area contributed by atoms with Gasteiger partial charge in [0.1, 0.15) is 6.10 Å². The molecule has 0 aromatic carbocycles. The van der Waals surface area contributed by atoms with E-state index >= 15 is 0 Å². The Labute approximate surface area is 56.9 Å². The molecule has 58 valence electrons. The SMILES string of the molecule is CC[C@@H](O)C#CC(F)(F)F. The highest BCUT2D eigenvalue weighted by molar-refractivity contribution is 5.08. The first-order chi connectivity index (χ1) is 4.45. The maximum Gasteiger partial charge on any atom is 0.457 e. The quantitative estimate of drug-likeness (QED) is 0.562. The Morgan fingerprint density at radius 1 is 1.50 bits per heavy atom. The van der Waals surface area contributed by atoms with E-state index in [2.05, 4.69) is 0 Å². The number of aliphatic hydroxyl groups is 1. The van der Waals surface area contributed by atoms with Gasteiger partial charge in [-0.1, -0.05) is 12.8 Å². The van der Waals surface area contributed by atoms with E-state index < -0.39 is 12.3 Å². The first-order valence-electron chi connectivity index (χ1n) is 2.73. The second kappa shape index (κ2) is 3.47. The molecule has 4 heteroatoms. The van der Waals surface area contributed by atoms with Gasteiger partial charge in [-0.25, -0.2) is 0 Å². The van der Waals surface area contributed by atoms with Gasteiger partial charge in [-0.3, -0.25) is 0 Å². The van der Waals surface area contributed by atoms with Gasteiger partial charge in [0.15, 0.2) is 0 Å². The first kappa shape index (κ1) is 9.31. The third-order valence-electron chi connectivity index (χ3n) is 0.767. The van der Waals surface area contributed by atoms with Gasteiger partial charge in [0.05, 0.1) is 0 Å². The van der Waals surface area contributed by atoms with Gasteiger partial charge in [0, 0.05) is 5.92 Å². The van der Waals surface area contributed by atoms with E-state index in [0.717, 1.165) is 5.92 Å². The molecule has 1 atom stereocenters. The summed E-state index contributed by atoms with van der Waals surface area (Å²) in [7, 11) is 0. The summed E-state index contributed by atoms with van der Waals surface area (Å²) >= 11 is 0. The maximum absolute atomic E-state index is 11.3. The van der Waals surface area contributed by atoms with Crippen LogP contribution in [0.2, 0.25) is 0 Å². The van der Waals surface area contributed by atoms with Crippen molar-refractivity contribution in [1.29, 1.82) is 0 Å². The zero-order chi connectivity index (χ0) is 8.20. The molecule has 0 aromatic rings. The van der Waals surface area contributed by atoms with Gasteiger partial charge in [-0.05, 0) is 6.42 Å². The molecule has 0 unspecified atom stereocenters. The average Bonchev–Trinajstić information content (AvgIpc) is 1.81. The van der Waals surface area contributed by atoms with Crippen LogP contribution >= 0.6 is 0 Å². The molecule has 0 aliphatic carbocycles. The van der Waals surface area contributed by atoms with Crippen LogP contribution in [0.5, 0.6) is 0 Å². The third-order valence-corrected chi connectivity index (χ3v) is 0.767. The zero-order valence-corrected chi connectivity index (χ0v) is 5.37. The second-order valence-electron chi connectivity index (χ2n) is 1.69. The van der Waals surface area contributed by atoms with Crippen molar-refractivity contribution < 1.29 is 18.3 Å². The predicted molar refractivity (Wildman–Crippen MR) is 30.1 cm³/mol. The fourth-order valence-electron chi connectivity index (χ4n) is 0.267. The smallest absolute Gasteiger partial charge is 0.380 e. The molecule has 0 radical (unpaired) electrons. The summed E-state index contributed by atoms with van der Waals surface area (Å²) in [5, 5.41) is 8.55. The molecule has 0 aliphatic heterocycles. The molecule has 0 saturated carbocycles. The van der Waals surface area contributed by atoms with E-state index in [1.54, 1.807) is 12.8 Å². The molecular formula is C6H7F3O. The lowest BCUT2D eigenvalue weighted by Gasteiger charge is -1.96. The molecule has 1 N–H and O–H groups in total. The number of rotatable bonds is 1. The highest BCUT2D eigenvalue weighted by atomic mass is 19.4. The predicted octanol–water partition coefficient (Wildman–Crippen LogP) is 1.32. The number of halogens is 3. The van der Waals surface area contributed by atoms with Crippen LogP contribution < -0.4 is 0 Å². The molecule has 0 saturated heterocycles. The second-order valence-corrected chi connectivity index (χ2v) is 1.69. The molecular weight excluding hydrogens is 145 g/mol. The molecule has 0 fully saturated rings. The van der Waals surface area contributed by atoms with Gasteiger partial charge >= 0.3 is 6.18 Å². The van der Waals surface area contributed by atoms with Crippen LogP contribution in [0.4, 0.5) is 13.2 Å². The molecule has 0 bridgehead atoms. The van der Waals surface area contributed by atoms with Gasteiger partial charge < -0.3 is 5.11 Å². The Bertz CT molecular complexity index is 151. The fourth-order valence-corrected chi connectivity index (χ4v) is 0.267. The lowest BCUT2D eigenvalue weighted by Crippen LogP contribution is -2.06. The van der Waals surface area contributed by atoms with E-state index in [1.165, 1.54) is 0 Å². The Kier molecular flexibility index (Phi) is 3.23. The highest BCUT2D eigenvalue weighted by Gasteiger charge is 2.23. The number of aliphatic hydroxyl groups excluding tert-OH is 1. The van der Waals surface area contributed by atoms with Crippen LogP contribution in [0.25, 0.3) is 0 Å². The minimum Gasteiger partial charge on any atom is -0.380 e. The van der Waals surface area contributed by atoms with Gasteiger partial charge in [-0.15, -0.1) is 0 Å². The summed E-state index contributed by atoms with van der Waals surface area (Å²) in [6.45, 7) is 1.55. The van der Waals surface area contributed by atoms with E-state index in [9.17, 15) is 13.2 Å². The normalized spacial score (nSPS) is 13.7. The summed E-state index contributed by atoms with van der Waals surface area (Å²) in [5.74, 6) is 2.63. The van der Waals surface area contributed by atoms with Crippen molar-refractivity contribution >= 4 is 0 Å². The lowest BCUT2D eigenvalue weighted by molar-refractivity contribution is -0.0700. The molecule has 0 rings (SSSR count). The maximum atomic E-state index is 11.3. The molecule has 1 nitrogen and oxygen atoms in total. The molecule has 10 heavy (non-hydrogen) atoms. The Hall–Kier alpha value is -0.690. The summed E-state index contributed by atoms with van der Waals surface area (Å²) in [6.07, 6.45) is -5.44. The molecule has 0 aliphatic rings. The van der Waals surface area contributed by atoms with Crippen molar-refractivity contribution in [1.82, 2.24) is 0 Å². The van der Waals surface area contributed by atoms with Crippen LogP contribution in [0, 0.1) is 11.8 Å². The lowest BCUT2D eigenvalue weighted by atomic mass is 10.3. The van der Waals surface area contributed by atoms with Crippen LogP contribution in [0.3, 0.4) is 0 Å². The minimum absolute atomic E-state index is 0.211. The summed E-state index contributed by atoms with van der Waals surface area (Å²) < 4.78 is 33.8. The van der Waals surface area contributed by atoms with Crippen LogP contribution in [-0.2, 0) is 0 Å². The molecule has 0 amide bonds. The van der Waals surface area contributed by atoms with Crippen LogP contribution in [0.1, 0.15) is 13.3 Å². The van der Waals surface area contributed by atoms with Crippen LogP contribution in [0.15, 0.2) is 0 Å². The number of hydrogen-bond donors (Lipinski definition) is 1. The monoisotopic (exact) mass is 152 g/mol. The third kappa shape index (κ3) is 5.45. The molecule has 0 spiro atoms. The topological polar surface area (TPSA) is 20.2 Å². The Morgan fingerprint density at radius 2 is 2.00 bits per heavy atom. The Morgan fingerprint density at radius 3 is 2.30 bits per heavy atom. The fraction of sp³-hybridized carbons (Fsp3) is 0.667. The highest BCUT2D eigenvalue weighted by Crippen LogP contribution is 2.11. The van der Waals surface area contributed by atoms with Crippen molar-refractivity contribution in [2.45, 2.75) is 25.6 Å². The first-order valence-corrected chi connectivity index (χ1v) is 2.73. The zero-order valence-electron chi connectivity index (χ0n) is 5.37. The number of hydrogen-bond acceptors (Lipinski definition) is 1. The summed E-state index contributed by atoms with van der Waals surface area (Å²) in [4.78, 5) is 0. The summed E-state index contributed by atoms with van der Waals surface area (Å²) in [6, 6.07) is 0. The Balaban J connectivity index is 3.91. The van der Waals surface area contributed by atoms with Crippen LogP contribution in [-0.4, -0.2) is 17.4 Å².